The summed E-state index contributed by atoms with van der Waals surface area (Å²) in [6.07, 6.45) is 1.60. The number of carbonyl (C=O) groups is 1. The number of hydrogen-bond acceptors (Lipinski definition) is 5. The van der Waals surface area contributed by atoms with Gasteiger partial charge < -0.3 is 4.74 Å². The van der Waals surface area contributed by atoms with E-state index in [-0.39, 0.29) is 10.6 Å². The Morgan fingerprint density at radius 2 is 1.44 bits per heavy atom. The van der Waals surface area contributed by atoms with Crippen molar-refractivity contribution in [1.82, 2.24) is 5.43 Å². The minimum Gasteiger partial charge on any atom is -0.492 e. The lowest BCUT2D eigenvalue weighted by Gasteiger charge is -2.25. The van der Waals surface area contributed by atoms with Crippen LogP contribution in [0.5, 0.6) is 5.75 Å². The molecule has 0 aromatic heterocycles. The summed E-state index contributed by atoms with van der Waals surface area (Å²) in [5.74, 6) is -0.236. The Bertz CT molecular complexity index is 1720. The van der Waals surface area contributed by atoms with E-state index >= 15 is 0 Å². The first-order valence-corrected chi connectivity index (χ1v) is 13.9. The number of hydrogen-bond donors (Lipinski definition) is 1. The monoisotopic (exact) mass is 537 g/mol. The molecule has 0 bridgehead atoms. The molecule has 0 saturated carbocycles. The lowest BCUT2D eigenvalue weighted by Crippen LogP contribution is -2.39. The highest BCUT2D eigenvalue weighted by Crippen LogP contribution is 2.32. The molecule has 196 valence electrons. The highest BCUT2D eigenvalue weighted by atomic mass is 32.2. The maximum Gasteiger partial charge on any atom is 0.264 e. The normalized spacial score (nSPS) is 11.6. The number of nitrogens with zero attached hydrogens (tertiary/aromatic N) is 2. The van der Waals surface area contributed by atoms with Crippen LogP contribution in [0.15, 0.2) is 119 Å². The molecule has 0 unspecified atom stereocenters. The summed E-state index contributed by atoms with van der Waals surface area (Å²) >= 11 is 0. The zero-order valence-electron chi connectivity index (χ0n) is 21.3. The van der Waals surface area contributed by atoms with Gasteiger partial charge in [-0.25, -0.2) is 13.8 Å². The van der Waals surface area contributed by atoms with E-state index in [1.54, 1.807) is 48.7 Å². The average molecular weight is 538 g/mol. The summed E-state index contributed by atoms with van der Waals surface area (Å²) in [6, 6.07) is 32.8. The Kier molecular flexibility index (Phi) is 7.56. The van der Waals surface area contributed by atoms with Crippen molar-refractivity contribution in [2.45, 2.75) is 11.8 Å². The van der Waals surface area contributed by atoms with E-state index in [1.165, 1.54) is 12.1 Å². The van der Waals surface area contributed by atoms with E-state index in [0.717, 1.165) is 31.4 Å². The summed E-state index contributed by atoms with van der Waals surface area (Å²) in [4.78, 5) is 13.2. The molecule has 0 aliphatic rings. The van der Waals surface area contributed by atoms with Crippen molar-refractivity contribution in [3.05, 3.63) is 115 Å². The minimum absolute atomic E-state index is 0.0647. The summed E-state index contributed by atoms with van der Waals surface area (Å²) in [7, 11) is -4.08. The van der Waals surface area contributed by atoms with Crippen molar-refractivity contribution in [3.8, 4) is 5.75 Å². The molecule has 39 heavy (non-hydrogen) atoms. The third kappa shape index (κ3) is 5.46. The van der Waals surface area contributed by atoms with Crippen molar-refractivity contribution >= 4 is 49.4 Å². The molecule has 5 rings (SSSR count). The average Bonchev–Trinajstić information content (AvgIpc) is 2.96. The molecule has 0 spiro atoms. The van der Waals surface area contributed by atoms with Crippen LogP contribution in [0.4, 0.5) is 5.69 Å². The van der Waals surface area contributed by atoms with Crippen molar-refractivity contribution in [1.29, 1.82) is 0 Å². The number of fused-ring (bicyclic) bond motifs is 2. The molecule has 8 heteroatoms. The molecular weight excluding hydrogens is 510 g/mol. The van der Waals surface area contributed by atoms with Crippen LogP contribution in [0, 0.1) is 0 Å². The highest BCUT2D eigenvalue weighted by Gasteiger charge is 2.29. The largest absolute Gasteiger partial charge is 0.492 e. The number of benzene rings is 5. The van der Waals surface area contributed by atoms with Gasteiger partial charge in [0.1, 0.15) is 12.3 Å². The lowest BCUT2D eigenvalue weighted by atomic mass is 9.97. The second-order valence-corrected chi connectivity index (χ2v) is 10.6. The quantitative estimate of drug-likeness (QED) is 0.148. The second-order valence-electron chi connectivity index (χ2n) is 8.75. The molecule has 7 nitrogen and oxygen atoms in total. The Balaban J connectivity index is 1.47. The molecule has 0 fully saturated rings. The van der Waals surface area contributed by atoms with E-state index in [2.05, 4.69) is 16.6 Å². The number of para-hydroxylation sites is 2. The highest BCUT2D eigenvalue weighted by molar-refractivity contribution is 7.92. The predicted molar refractivity (Wildman–Crippen MR) is 156 cm³/mol. The van der Waals surface area contributed by atoms with Crippen molar-refractivity contribution in [2.75, 3.05) is 17.5 Å². The number of anilines is 1. The van der Waals surface area contributed by atoms with Gasteiger partial charge in [0.05, 0.1) is 23.4 Å². The first-order chi connectivity index (χ1) is 19.0. The molecule has 1 amide bonds. The SMILES string of the molecule is CCOc1ccccc1N(CC(=O)N/N=C\c1c2ccccc2cc2ccccc12)S(=O)(=O)c1ccccc1. The van der Waals surface area contributed by atoms with Gasteiger partial charge in [-0.3, -0.25) is 9.10 Å². The van der Waals surface area contributed by atoms with Crippen LogP contribution in [-0.4, -0.2) is 33.7 Å². The van der Waals surface area contributed by atoms with Crippen molar-refractivity contribution < 1.29 is 17.9 Å². The summed E-state index contributed by atoms with van der Waals surface area (Å²) in [5, 5.41) is 8.32. The number of amides is 1. The first kappa shape index (κ1) is 25.9. The lowest BCUT2D eigenvalue weighted by molar-refractivity contribution is -0.119. The molecule has 5 aromatic rings. The van der Waals surface area contributed by atoms with E-state index in [0.29, 0.717) is 12.4 Å². The van der Waals surface area contributed by atoms with Gasteiger partial charge in [-0.15, -0.1) is 0 Å². The zero-order valence-corrected chi connectivity index (χ0v) is 22.1. The molecule has 0 heterocycles. The Labute approximate surface area is 227 Å². The van der Waals surface area contributed by atoms with Crippen LogP contribution < -0.4 is 14.5 Å². The third-order valence-electron chi connectivity index (χ3n) is 6.25. The number of hydrazone groups is 1. The van der Waals surface area contributed by atoms with E-state index in [4.69, 9.17) is 4.74 Å². The van der Waals surface area contributed by atoms with Gasteiger partial charge in [0.25, 0.3) is 15.9 Å². The molecule has 0 atom stereocenters. The standard InChI is InChI=1S/C31H27N3O4S/c1-2-38-30-19-11-10-18-29(30)34(39(36,37)25-14-4-3-5-15-25)22-31(35)33-32-21-28-26-16-8-6-12-23(26)20-24-13-7-9-17-27(24)28/h3-21H,2,22H2,1H3,(H,33,35)/b32-21-. The van der Waals surface area contributed by atoms with Gasteiger partial charge in [0.2, 0.25) is 0 Å². The van der Waals surface area contributed by atoms with E-state index in [9.17, 15) is 13.2 Å². The first-order valence-electron chi connectivity index (χ1n) is 12.5. The van der Waals surface area contributed by atoms with Crippen LogP contribution in [0.2, 0.25) is 0 Å². The number of sulfonamides is 1. The Hall–Kier alpha value is -4.69. The smallest absolute Gasteiger partial charge is 0.264 e. The van der Waals surface area contributed by atoms with E-state index < -0.39 is 22.5 Å². The Morgan fingerprint density at radius 3 is 2.10 bits per heavy atom. The van der Waals surface area contributed by atoms with Crippen LogP contribution >= 0.6 is 0 Å². The summed E-state index contributed by atoms with van der Waals surface area (Å²) < 4.78 is 34.1. The fourth-order valence-electron chi connectivity index (χ4n) is 4.48. The van der Waals surface area contributed by atoms with Crippen LogP contribution in [0.3, 0.4) is 0 Å². The summed E-state index contributed by atoms with van der Waals surface area (Å²) in [5.41, 5.74) is 3.65. The summed E-state index contributed by atoms with van der Waals surface area (Å²) in [6.45, 7) is 1.66. The predicted octanol–water partition coefficient (Wildman–Crippen LogP) is 5.74. The van der Waals surface area contributed by atoms with Gasteiger partial charge in [0, 0.05) is 5.56 Å². The molecule has 0 radical (unpaired) electrons. The third-order valence-corrected chi connectivity index (χ3v) is 8.02. The zero-order chi connectivity index (χ0) is 27.2. The number of rotatable bonds is 9. The number of carbonyl (C=O) groups excluding carboxylic acids is 1. The maximum absolute atomic E-state index is 13.7. The number of nitrogens with one attached hydrogen (secondary N) is 1. The van der Waals surface area contributed by atoms with Gasteiger partial charge >= 0.3 is 0 Å². The van der Waals surface area contributed by atoms with E-state index in [1.807, 2.05) is 55.5 Å². The van der Waals surface area contributed by atoms with Gasteiger partial charge in [0.15, 0.2) is 0 Å². The van der Waals surface area contributed by atoms with Crippen LogP contribution in [-0.2, 0) is 14.8 Å². The van der Waals surface area contributed by atoms with Gasteiger partial charge in [-0.1, -0.05) is 78.9 Å². The van der Waals surface area contributed by atoms with Crippen LogP contribution in [0.25, 0.3) is 21.5 Å². The Morgan fingerprint density at radius 1 is 0.846 bits per heavy atom. The topological polar surface area (TPSA) is 88.1 Å². The van der Waals surface area contributed by atoms with Crippen LogP contribution in [0.1, 0.15) is 12.5 Å². The fraction of sp³-hybridized carbons (Fsp3) is 0.0968. The molecule has 0 aliphatic carbocycles. The molecule has 5 aromatic carbocycles. The second kappa shape index (κ2) is 11.4. The van der Waals surface area contributed by atoms with Gasteiger partial charge in [-0.2, -0.15) is 5.10 Å². The molecule has 1 N–H and O–H groups in total. The number of ether oxygens (including phenoxy) is 1. The minimum atomic E-state index is -4.08. The van der Waals surface area contributed by atoms with Crippen molar-refractivity contribution in [2.24, 2.45) is 5.10 Å². The van der Waals surface area contributed by atoms with Gasteiger partial charge in [-0.05, 0) is 58.8 Å². The maximum atomic E-state index is 13.7. The fourth-order valence-corrected chi connectivity index (χ4v) is 5.94. The van der Waals surface area contributed by atoms with Crippen molar-refractivity contribution in [3.63, 3.8) is 0 Å². The molecular formula is C31H27N3O4S. The molecule has 0 saturated heterocycles. The molecule has 0 aliphatic heterocycles.